The number of nitrogens with zero attached hydrogens (tertiary/aromatic N) is 2. The molecular formula is C27H21ClN4O5S. The number of nitrogens with one attached hydrogen (secondary N) is 1. The molecule has 1 atom stereocenters. The van der Waals surface area contributed by atoms with Crippen LogP contribution in [0.25, 0.3) is 0 Å². The van der Waals surface area contributed by atoms with Gasteiger partial charge < -0.3 is 15.4 Å². The molecule has 3 N–H and O–H groups in total. The van der Waals surface area contributed by atoms with Crippen LogP contribution < -0.4 is 20.1 Å². The van der Waals surface area contributed by atoms with Gasteiger partial charge in [0.15, 0.2) is 5.75 Å². The first kappa shape index (κ1) is 26.6. The van der Waals surface area contributed by atoms with Crippen LogP contribution >= 0.6 is 11.6 Å². The zero-order valence-corrected chi connectivity index (χ0v) is 21.6. The highest BCUT2D eigenvalue weighted by atomic mass is 35.5. The Bertz CT molecular complexity index is 1660. The van der Waals surface area contributed by atoms with Gasteiger partial charge in [0.2, 0.25) is 15.9 Å². The normalized spacial score (nSPS) is 15.0. The van der Waals surface area contributed by atoms with E-state index in [0.717, 1.165) is 11.8 Å². The summed E-state index contributed by atoms with van der Waals surface area (Å²) in [5, 5.41) is 9.68. The SMILES string of the molecule is C#Cc1ccc([C@H]2CC(=O)N(c3ccc(NS(C)(=O)=O)c(C(N)=O)c3)C2)cc1Oc1c(Cl)cccc1C#N. The molecule has 0 aliphatic carbocycles. The van der Waals surface area contributed by atoms with Crippen molar-refractivity contribution in [2.24, 2.45) is 5.73 Å². The highest BCUT2D eigenvalue weighted by Crippen LogP contribution is 2.38. The van der Waals surface area contributed by atoms with Crippen LogP contribution in [0, 0.1) is 23.7 Å². The van der Waals surface area contributed by atoms with Crippen molar-refractivity contribution < 1.29 is 22.7 Å². The highest BCUT2D eigenvalue weighted by molar-refractivity contribution is 7.92. The first-order valence-electron chi connectivity index (χ1n) is 11.2. The third kappa shape index (κ3) is 5.57. The number of nitrogens with two attached hydrogens (primary N) is 1. The van der Waals surface area contributed by atoms with Gasteiger partial charge in [-0.1, -0.05) is 29.7 Å². The molecule has 192 valence electrons. The molecule has 3 aromatic rings. The molecule has 9 nitrogen and oxygen atoms in total. The molecule has 0 saturated carbocycles. The molecular weight excluding hydrogens is 528 g/mol. The van der Waals surface area contributed by atoms with Crippen LogP contribution in [0.5, 0.6) is 11.5 Å². The first-order valence-corrected chi connectivity index (χ1v) is 13.5. The van der Waals surface area contributed by atoms with E-state index in [2.05, 4.69) is 10.6 Å². The fourth-order valence-electron chi connectivity index (χ4n) is 4.18. The number of nitriles is 1. The minimum Gasteiger partial charge on any atom is -0.453 e. The van der Waals surface area contributed by atoms with Gasteiger partial charge in [-0.05, 0) is 48.0 Å². The number of ether oxygens (including phenoxy) is 1. The van der Waals surface area contributed by atoms with Crippen LogP contribution in [0.1, 0.15) is 39.4 Å². The van der Waals surface area contributed by atoms with E-state index in [1.807, 2.05) is 6.07 Å². The van der Waals surface area contributed by atoms with Gasteiger partial charge in [-0.25, -0.2) is 8.42 Å². The lowest BCUT2D eigenvalue weighted by atomic mass is 9.96. The van der Waals surface area contributed by atoms with E-state index in [1.165, 1.54) is 23.1 Å². The molecule has 1 fully saturated rings. The Hall–Kier alpha value is -4.51. The van der Waals surface area contributed by atoms with E-state index >= 15 is 0 Å². The first-order chi connectivity index (χ1) is 18.0. The average Bonchev–Trinajstić information content (AvgIpc) is 3.25. The lowest BCUT2D eigenvalue weighted by Crippen LogP contribution is -2.25. The molecule has 11 heteroatoms. The Morgan fingerprint density at radius 1 is 1.21 bits per heavy atom. The maximum absolute atomic E-state index is 13.0. The summed E-state index contributed by atoms with van der Waals surface area (Å²) in [6.45, 7) is 0.278. The minimum absolute atomic E-state index is 0.0231. The van der Waals surface area contributed by atoms with Gasteiger partial charge in [-0.2, -0.15) is 5.26 Å². The van der Waals surface area contributed by atoms with E-state index in [9.17, 15) is 23.3 Å². The molecule has 1 heterocycles. The number of carbonyl (C=O) groups is 2. The number of sulfonamides is 1. The number of amides is 2. The van der Waals surface area contributed by atoms with Gasteiger partial charge >= 0.3 is 0 Å². The number of primary amides is 1. The van der Waals surface area contributed by atoms with E-state index < -0.39 is 15.9 Å². The lowest BCUT2D eigenvalue weighted by Gasteiger charge is -2.19. The maximum Gasteiger partial charge on any atom is 0.250 e. The van der Waals surface area contributed by atoms with Gasteiger partial charge in [-0.15, -0.1) is 6.42 Å². The molecule has 38 heavy (non-hydrogen) atoms. The van der Waals surface area contributed by atoms with Gasteiger partial charge in [-0.3, -0.25) is 14.3 Å². The molecule has 2 amide bonds. The number of halogens is 1. The number of para-hydroxylation sites is 1. The topological polar surface area (TPSA) is 143 Å². The number of terminal acetylenes is 1. The number of carbonyl (C=O) groups excluding carboxylic acids is 2. The number of rotatable bonds is 7. The van der Waals surface area contributed by atoms with Crippen molar-refractivity contribution in [3.8, 4) is 29.9 Å². The molecule has 3 aromatic carbocycles. The summed E-state index contributed by atoms with van der Waals surface area (Å²) < 4.78 is 31.5. The third-order valence-electron chi connectivity index (χ3n) is 5.93. The van der Waals surface area contributed by atoms with E-state index in [1.54, 1.807) is 36.4 Å². The summed E-state index contributed by atoms with van der Waals surface area (Å²) in [5.41, 5.74) is 7.27. The predicted octanol–water partition coefficient (Wildman–Crippen LogP) is 3.98. The lowest BCUT2D eigenvalue weighted by molar-refractivity contribution is -0.117. The van der Waals surface area contributed by atoms with Gasteiger partial charge in [0, 0.05) is 24.6 Å². The highest BCUT2D eigenvalue weighted by Gasteiger charge is 2.33. The van der Waals surface area contributed by atoms with Crippen molar-refractivity contribution >= 4 is 44.8 Å². The van der Waals surface area contributed by atoms with Gasteiger partial charge in [0.05, 0.1) is 33.7 Å². The van der Waals surface area contributed by atoms with E-state index in [-0.39, 0.29) is 52.4 Å². The summed E-state index contributed by atoms with van der Waals surface area (Å²) >= 11 is 6.26. The summed E-state index contributed by atoms with van der Waals surface area (Å²) in [6.07, 6.45) is 6.78. The second kappa shape index (κ2) is 10.5. The second-order valence-corrected chi connectivity index (χ2v) is 10.8. The molecule has 0 bridgehead atoms. The third-order valence-corrected chi connectivity index (χ3v) is 6.82. The van der Waals surface area contributed by atoms with Crippen LogP contribution in [0.2, 0.25) is 5.02 Å². The average molecular weight is 549 g/mol. The minimum atomic E-state index is -3.65. The van der Waals surface area contributed by atoms with Crippen molar-refractivity contribution in [3.63, 3.8) is 0 Å². The molecule has 0 aromatic heterocycles. The monoisotopic (exact) mass is 548 g/mol. The van der Waals surface area contributed by atoms with Crippen LogP contribution in [0.3, 0.4) is 0 Å². The van der Waals surface area contributed by atoms with Crippen LogP contribution in [-0.4, -0.2) is 33.0 Å². The fraction of sp³-hybridized carbons (Fsp3) is 0.148. The zero-order chi connectivity index (χ0) is 27.6. The van der Waals surface area contributed by atoms with Crippen molar-refractivity contribution in [1.29, 1.82) is 5.26 Å². The Morgan fingerprint density at radius 2 is 1.97 bits per heavy atom. The Morgan fingerprint density at radius 3 is 2.63 bits per heavy atom. The van der Waals surface area contributed by atoms with Gasteiger partial charge in [0.1, 0.15) is 11.8 Å². The summed E-state index contributed by atoms with van der Waals surface area (Å²) in [7, 11) is -3.65. The van der Waals surface area contributed by atoms with Gasteiger partial charge in [0.25, 0.3) is 5.91 Å². The van der Waals surface area contributed by atoms with Crippen molar-refractivity contribution in [3.05, 3.63) is 81.9 Å². The van der Waals surface area contributed by atoms with Crippen LogP contribution in [0.4, 0.5) is 11.4 Å². The quantitative estimate of drug-likeness (QED) is 0.428. The molecule has 0 spiro atoms. The number of hydrogen-bond acceptors (Lipinski definition) is 6. The van der Waals surface area contributed by atoms with Crippen molar-refractivity contribution in [2.75, 3.05) is 22.4 Å². The molecule has 1 aliphatic rings. The maximum atomic E-state index is 13.0. The predicted molar refractivity (Wildman–Crippen MR) is 144 cm³/mol. The summed E-state index contributed by atoms with van der Waals surface area (Å²) in [5.74, 6) is 1.75. The Kier molecular flexibility index (Phi) is 7.31. The van der Waals surface area contributed by atoms with E-state index in [4.69, 9.17) is 28.5 Å². The van der Waals surface area contributed by atoms with Crippen molar-refractivity contribution in [1.82, 2.24) is 0 Å². The Labute approximate surface area is 224 Å². The standard InChI is InChI=1S/C27H21ClN4O5S/c1-3-16-7-8-17(11-24(16)37-26-18(14-29)5-4-6-22(26)28)19-12-25(33)32(15-19)20-9-10-23(31-38(2,35)36)21(13-20)27(30)34/h1,4-11,13,19,31H,12,15H2,2H3,(H2,30,34)/t19-/m0/s1. The molecule has 4 rings (SSSR count). The van der Waals surface area contributed by atoms with E-state index in [0.29, 0.717) is 17.0 Å². The molecule has 1 saturated heterocycles. The van der Waals surface area contributed by atoms with Crippen LogP contribution in [0.15, 0.2) is 54.6 Å². The molecule has 0 radical (unpaired) electrons. The summed E-state index contributed by atoms with van der Waals surface area (Å²) in [6, 6.07) is 16.4. The van der Waals surface area contributed by atoms with Crippen LogP contribution in [-0.2, 0) is 14.8 Å². The fourth-order valence-corrected chi connectivity index (χ4v) is 4.97. The van der Waals surface area contributed by atoms with Crippen molar-refractivity contribution in [2.45, 2.75) is 12.3 Å². The summed E-state index contributed by atoms with van der Waals surface area (Å²) in [4.78, 5) is 26.4. The largest absolute Gasteiger partial charge is 0.453 e. The molecule has 0 unspecified atom stereocenters. The Balaban J connectivity index is 1.64. The number of benzene rings is 3. The number of hydrogen-bond donors (Lipinski definition) is 2. The molecule has 1 aliphatic heterocycles. The smallest absolute Gasteiger partial charge is 0.250 e. The second-order valence-electron chi connectivity index (χ2n) is 8.60. The number of anilines is 2. The zero-order valence-electron chi connectivity index (χ0n) is 20.1.